The Morgan fingerprint density at radius 1 is 2.00 bits per heavy atom. The maximum absolute atomic E-state index is 5.14. The first-order chi connectivity index (χ1) is 2.81. The van der Waals surface area contributed by atoms with Crippen molar-refractivity contribution in [1.29, 1.82) is 0 Å². The Balaban J connectivity index is 2.75. The first-order valence-electron chi connectivity index (χ1n) is 1.97. The average Bonchev–Trinajstić information content (AvgIpc) is 1.65. The van der Waals surface area contributed by atoms with Crippen molar-refractivity contribution < 1.29 is 0 Å². The van der Waals surface area contributed by atoms with Gasteiger partial charge in [0.05, 0.1) is 0 Å². The summed E-state index contributed by atoms with van der Waals surface area (Å²) in [5, 5.41) is 2.49. The topological polar surface area (TPSA) is 38.0 Å². The second-order valence-corrected chi connectivity index (χ2v) is 1.30. The molecule has 0 aliphatic carbocycles. The average molecular weight is 86.1 g/mol. The van der Waals surface area contributed by atoms with E-state index in [4.69, 9.17) is 12.8 Å². The molecular formula is C4H10N2. The molecule has 2 nitrogen and oxygen atoms in total. The minimum absolute atomic E-state index is 0.241. The monoisotopic (exact) mass is 86.1 g/mol. The zero-order valence-electron chi connectivity index (χ0n) is 3.94. The van der Waals surface area contributed by atoms with Gasteiger partial charge in [0.25, 0.3) is 0 Å². The van der Waals surface area contributed by atoms with E-state index >= 15 is 0 Å². The van der Waals surface area contributed by atoms with Crippen molar-refractivity contribution in [3.8, 4) is 0 Å². The van der Waals surface area contributed by atoms with E-state index in [0.29, 0.717) is 6.54 Å². The number of nitrogens with one attached hydrogen (secondary N) is 1. The van der Waals surface area contributed by atoms with E-state index in [-0.39, 0.29) is 6.04 Å². The Morgan fingerprint density at radius 2 is 2.50 bits per heavy atom. The van der Waals surface area contributed by atoms with Gasteiger partial charge in [-0.2, -0.15) is 0 Å². The molecule has 0 saturated carbocycles. The standard InChI is InChI=1S/C4H10N2/c1-4(3-5)6-2/h2,4,6H,3,5H2,1H3. The van der Waals surface area contributed by atoms with Gasteiger partial charge in [-0.1, -0.05) is 0 Å². The zero-order valence-corrected chi connectivity index (χ0v) is 3.94. The molecule has 0 aliphatic heterocycles. The summed E-state index contributed by atoms with van der Waals surface area (Å²) >= 11 is 0. The van der Waals surface area contributed by atoms with Gasteiger partial charge in [0.1, 0.15) is 0 Å². The van der Waals surface area contributed by atoms with Gasteiger partial charge >= 0.3 is 0 Å². The van der Waals surface area contributed by atoms with Crippen LogP contribution in [-0.4, -0.2) is 12.6 Å². The van der Waals surface area contributed by atoms with Crippen LogP contribution in [0.3, 0.4) is 0 Å². The predicted octanol–water partition coefficient (Wildman–Crippen LogP) is -0.408. The summed E-state index contributed by atoms with van der Waals surface area (Å²) in [6.45, 7) is 2.51. The molecule has 2 radical (unpaired) electrons. The van der Waals surface area contributed by atoms with Crippen LogP contribution in [0.15, 0.2) is 0 Å². The fourth-order valence-corrected chi connectivity index (χ4v) is 0.0680. The second kappa shape index (κ2) is 3.12. The van der Waals surface area contributed by atoms with E-state index in [1.165, 1.54) is 0 Å². The van der Waals surface area contributed by atoms with Gasteiger partial charge < -0.3 is 11.1 Å². The molecule has 6 heavy (non-hydrogen) atoms. The quantitative estimate of drug-likeness (QED) is 0.448. The van der Waals surface area contributed by atoms with Crippen LogP contribution in [0, 0.1) is 7.05 Å². The van der Waals surface area contributed by atoms with Gasteiger partial charge in [-0.15, -0.1) is 0 Å². The molecule has 0 aromatic heterocycles. The first kappa shape index (κ1) is 5.92. The van der Waals surface area contributed by atoms with E-state index in [1.807, 2.05) is 6.92 Å². The number of rotatable bonds is 2. The molecule has 0 rings (SSSR count). The maximum Gasteiger partial charge on any atom is 0.0410 e. The highest BCUT2D eigenvalue weighted by Crippen LogP contribution is 1.68. The fourth-order valence-electron chi connectivity index (χ4n) is 0.0680. The summed E-state index contributed by atoms with van der Waals surface area (Å²) in [6.07, 6.45) is 0. The van der Waals surface area contributed by atoms with Crippen LogP contribution in [0.2, 0.25) is 0 Å². The molecule has 0 saturated heterocycles. The van der Waals surface area contributed by atoms with Crippen molar-refractivity contribution in [3.63, 3.8) is 0 Å². The van der Waals surface area contributed by atoms with Crippen LogP contribution in [0.1, 0.15) is 6.92 Å². The Morgan fingerprint density at radius 3 is 2.50 bits per heavy atom. The Bertz CT molecular complexity index is 24.7. The lowest BCUT2D eigenvalue weighted by Gasteiger charge is -2.01. The summed E-state index contributed by atoms with van der Waals surface area (Å²) in [7, 11) is 4.95. The molecule has 1 atom stereocenters. The van der Waals surface area contributed by atoms with Crippen LogP contribution in [0.25, 0.3) is 0 Å². The van der Waals surface area contributed by atoms with Crippen LogP contribution in [0.4, 0.5) is 0 Å². The highest BCUT2D eigenvalue weighted by Gasteiger charge is 1.87. The summed E-state index contributed by atoms with van der Waals surface area (Å²) in [5.74, 6) is 0. The summed E-state index contributed by atoms with van der Waals surface area (Å²) in [5.41, 5.74) is 5.14. The third-order valence-electron chi connectivity index (χ3n) is 0.638. The van der Waals surface area contributed by atoms with E-state index in [1.54, 1.807) is 0 Å². The normalized spacial score (nSPS) is 14.5. The minimum atomic E-state index is 0.241. The van der Waals surface area contributed by atoms with Gasteiger partial charge in [-0.3, -0.25) is 0 Å². The van der Waals surface area contributed by atoms with Crippen molar-refractivity contribution in [3.05, 3.63) is 7.05 Å². The second-order valence-electron chi connectivity index (χ2n) is 1.30. The molecule has 0 heterocycles. The lowest BCUT2D eigenvalue weighted by Crippen LogP contribution is -2.28. The van der Waals surface area contributed by atoms with E-state index in [0.717, 1.165) is 0 Å². The van der Waals surface area contributed by atoms with Gasteiger partial charge in [-0.25, -0.2) is 0 Å². The molecule has 0 fully saturated rings. The van der Waals surface area contributed by atoms with Crippen LogP contribution < -0.4 is 11.1 Å². The van der Waals surface area contributed by atoms with E-state index < -0.39 is 0 Å². The van der Waals surface area contributed by atoms with Crippen LogP contribution >= 0.6 is 0 Å². The van der Waals surface area contributed by atoms with Crippen molar-refractivity contribution in [2.24, 2.45) is 5.73 Å². The predicted molar refractivity (Wildman–Crippen MR) is 26.0 cm³/mol. The molecule has 0 aromatic rings. The fraction of sp³-hybridized carbons (Fsp3) is 0.750. The highest BCUT2D eigenvalue weighted by molar-refractivity contribution is 4.56. The van der Waals surface area contributed by atoms with Gasteiger partial charge in [0, 0.05) is 19.6 Å². The van der Waals surface area contributed by atoms with Crippen molar-refractivity contribution in [1.82, 2.24) is 5.32 Å². The summed E-state index contributed by atoms with van der Waals surface area (Å²) < 4.78 is 0. The molecule has 0 aromatic carbocycles. The Hall–Kier alpha value is -0.0800. The number of hydrogen-bond acceptors (Lipinski definition) is 2. The molecule has 0 amide bonds. The van der Waals surface area contributed by atoms with Crippen LogP contribution in [-0.2, 0) is 0 Å². The van der Waals surface area contributed by atoms with E-state index in [2.05, 4.69) is 5.32 Å². The Kier molecular flexibility index (Phi) is 3.08. The van der Waals surface area contributed by atoms with Crippen molar-refractivity contribution >= 4 is 0 Å². The molecule has 36 valence electrons. The van der Waals surface area contributed by atoms with Gasteiger partial charge in [0.15, 0.2) is 0 Å². The van der Waals surface area contributed by atoms with Gasteiger partial charge in [-0.05, 0) is 6.92 Å². The molecule has 2 heteroatoms. The molecule has 0 aliphatic rings. The zero-order chi connectivity index (χ0) is 4.99. The third kappa shape index (κ3) is 2.18. The van der Waals surface area contributed by atoms with Crippen molar-refractivity contribution in [2.75, 3.05) is 6.54 Å². The Labute approximate surface area is 38.7 Å². The molecule has 1 unspecified atom stereocenters. The summed E-state index contributed by atoms with van der Waals surface area (Å²) in [6, 6.07) is 0.241. The SMILES string of the molecule is [CH]NC(C)CN. The van der Waals surface area contributed by atoms with Gasteiger partial charge in [0.2, 0.25) is 0 Å². The molecule has 0 bridgehead atoms. The molecule has 0 spiro atoms. The maximum atomic E-state index is 5.14. The lowest BCUT2D eigenvalue weighted by molar-refractivity contribution is 0.647. The summed E-state index contributed by atoms with van der Waals surface area (Å²) in [4.78, 5) is 0. The smallest absolute Gasteiger partial charge is 0.0410 e. The molecule has 3 N–H and O–H groups in total. The van der Waals surface area contributed by atoms with Crippen molar-refractivity contribution in [2.45, 2.75) is 13.0 Å². The highest BCUT2D eigenvalue weighted by atomic mass is 14.9. The first-order valence-corrected chi connectivity index (χ1v) is 1.97. The number of nitrogens with two attached hydrogens (primary N) is 1. The largest absolute Gasteiger partial charge is 0.329 e. The molecular weight excluding hydrogens is 76.1 g/mol. The third-order valence-corrected chi connectivity index (χ3v) is 0.638. The van der Waals surface area contributed by atoms with E-state index in [9.17, 15) is 0 Å². The van der Waals surface area contributed by atoms with Crippen LogP contribution in [0.5, 0.6) is 0 Å². The number of hydrogen-bond donors (Lipinski definition) is 2. The minimum Gasteiger partial charge on any atom is -0.329 e. The lowest BCUT2D eigenvalue weighted by atomic mass is 10.4.